The van der Waals surface area contributed by atoms with Crippen LogP contribution in [0.4, 0.5) is 11.8 Å². The van der Waals surface area contributed by atoms with Crippen LogP contribution < -0.4 is 10.6 Å². The number of thiophene rings is 1. The van der Waals surface area contributed by atoms with Crippen LogP contribution in [0.3, 0.4) is 0 Å². The van der Waals surface area contributed by atoms with Crippen molar-refractivity contribution in [2.45, 2.75) is 74.7 Å². The van der Waals surface area contributed by atoms with Crippen molar-refractivity contribution >= 4 is 45.1 Å². The van der Waals surface area contributed by atoms with Crippen molar-refractivity contribution in [2.75, 3.05) is 23.7 Å². The number of thioether (sulfide) groups is 1. The van der Waals surface area contributed by atoms with Crippen molar-refractivity contribution in [3.63, 3.8) is 0 Å². The van der Waals surface area contributed by atoms with Gasteiger partial charge in [-0.3, -0.25) is 4.57 Å². The zero-order chi connectivity index (χ0) is 20.1. The summed E-state index contributed by atoms with van der Waals surface area (Å²) in [5.74, 6) is 3.18. The Hall–Kier alpha value is -1.87. The number of nitrogens with two attached hydrogens (primary N) is 1. The van der Waals surface area contributed by atoms with Crippen LogP contribution in [0.2, 0.25) is 0 Å². The average Bonchev–Trinajstić information content (AvgIpc) is 3.18. The van der Waals surface area contributed by atoms with E-state index >= 15 is 0 Å². The summed E-state index contributed by atoms with van der Waals surface area (Å²) in [5.41, 5.74) is 7.84. The lowest BCUT2D eigenvalue weighted by atomic mass is 10.1. The topological polar surface area (TPSA) is 85.7 Å². The molecule has 0 bridgehead atoms. The minimum absolute atomic E-state index is 0.555. The largest absolute Gasteiger partial charge is 0.383 e. The molecule has 6 rings (SSSR count). The van der Waals surface area contributed by atoms with Crippen molar-refractivity contribution in [1.82, 2.24) is 24.7 Å². The Labute approximate surface area is 184 Å². The van der Waals surface area contributed by atoms with E-state index in [1.54, 1.807) is 11.8 Å². The summed E-state index contributed by atoms with van der Waals surface area (Å²) in [6, 6.07) is 0.555. The van der Waals surface area contributed by atoms with Gasteiger partial charge in [-0.1, -0.05) is 18.2 Å². The maximum Gasteiger partial charge on any atom is 0.228 e. The Morgan fingerprint density at radius 1 is 1.00 bits per heavy atom. The van der Waals surface area contributed by atoms with E-state index in [1.165, 1.54) is 55.4 Å². The summed E-state index contributed by atoms with van der Waals surface area (Å²) in [5, 5.41) is 11.2. The Balaban J connectivity index is 1.27. The van der Waals surface area contributed by atoms with Crippen LogP contribution in [0, 0.1) is 0 Å². The molecule has 1 saturated heterocycles. The van der Waals surface area contributed by atoms with Crippen LogP contribution in [0.5, 0.6) is 0 Å². The van der Waals surface area contributed by atoms with Crippen molar-refractivity contribution in [3.8, 4) is 0 Å². The molecule has 2 aliphatic carbocycles. The van der Waals surface area contributed by atoms with Crippen LogP contribution in [-0.4, -0.2) is 37.8 Å². The fourth-order valence-electron chi connectivity index (χ4n) is 4.75. The third-order valence-corrected chi connectivity index (χ3v) is 8.54. The molecule has 30 heavy (non-hydrogen) atoms. The highest BCUT2D eigenvalue weighted by molar-refractivity contribution is 7.98. The number of rotatable bonds is 5. The van der Waals surface area contributed by atoms with E-state index in [4.69, 9.17) is 10.7 Å². The molecule has 2 N–H and O–H groups in total. The minimum atomic E-state index is 0.555. The van der Waals surface area contributed by atoms with Crippen LogP contribution in [-0.2, 0) is 18.6 Å². The fraction of sp³-hybridized carbons (Fsp3) is 0.619. The number of anilines is 2. The zero-order valence-electron chi connectivity index (χ0n) is 17.1. The van der Waals surface area contributed by atoms with Gasteiger partial charge < -0.3 is 10.6 Å². The summed E-state index contributed by atoms with van der Waals surface area (Å²) >= 11 is 3.51. The first kappa shape index (κ1) is 18.9. The van der Waals surface area contributed by atoms with Gasteiger partial charge in [-0.25, -0.2) is 9.97 Å². The van der Waals surface area contributed by atoms with Crippen molar-refractivity contribution in [1.29, 1.82) is 0 Å². The smallest absolute Gasteiger partial charge is 0.228 e. The average molecular weight is 442 g/mol. The molecule has 0 aromatic carbocycles. The molecule has 0 atom stereocenters. The van der Waals surface area contributed by atoms with Crippen LogP contribution in [0.25, 0.3) is 10.2 Å². The van der Waals surface area contributed by atoms with Gasteiger partial charge in [0.1, 0.15) is 16.5 Å². The number of nitrogen functional groups attached to an aromatic ring is 1. The van der Waals surface area contributed by atoms with E-state index in [9.17, 15) is 0 Å². The first-order valence-electron chi connectivity index (χ1n) is 11.2. The van der Waals surface area contributed by atoms with Gasteiger partial charge in [-0.15, -0.1) is 21.5 Å². The van der Waals surface area contributed by atoms with Gasteiger partial charge in [-0.2, -0.15) is 0 Å². The maximum absolute atomic E-state index is 6.43. The molecule has 4 heterocycles. The third-order valence-electron chi connectivity index (χ3n) is 6.42. The quantitative estimate of drug-likeness (QED) is 0.465. The molecule has 1 saturated carbocycles. The van der Waals surface area contributed by atoms with Gasteiger partial charge in [0.05, 0.1) is 11.1 Å². The van der Waals surface area contributed by atoms with E-state index in [1.807, 2.05) is 11.3 Å². The van der Waals surface area contributed by atoms with Crippen LogP contribution in [0.1, 0.15) is 67.3 Å². The van der Waals surface area contributed by atoms with Crippen molar-refractivity contribution < 1.29 is 0 Å². The lowest BCUT2D eigenvalue weighted by Gasteiger charge is -2.17. The number of hydrogen-bond donors (Lipinski definition) is 1. The predicted molar refractivity (Wildman–Crippen MR) is 122 cm³/mol. The fourth-order valence-corrected chi connectivity index (χ4v) is 6.90. The van der Waals surface area contributed by atoms with Crippen LogP contribution in [0.15, 0.2) is 5.16 Å². The first-order chi connectivity index (χ1) is 14.8. The van der Waals surface area contributed by atoms with Gasteiger partial charge in [0, 0.05) is 24.0 Å². The molecule has 3 aliphatic rings. The highest BCUT2D eigenvalue weighted by atomic mass is 32.2. The van der Waals surface area contributed by atoms with Gasteiger partial charge >= 0.3 is 0 Å². The van der Waals surface area contributed by atoms with Crippen LogP contribution >= 0.6 is 23.1 Å². The normalized spacial score (nSPS) is 19.4. The summed E-state index contributed by atoms with van der Waals surface area (Å²) < 4.78 is 2.35. The SMILES string of the molecule is Nc1nc(CSc2nnc(N3CCCC3)n2C2CC2)nc2sc3c(c12)CCCCC3. The lowest BCUT2D eigenvalue weighted by molar-refractivity contribution is 0.651. The Morgan fingerprint density at radius 3 is 2.67 bits per heavy atom. The molecule has 158 valence electrons. The Morgan fingerprint density at radius 2 is 1.83 bits per heavy atom. The standard InChI is InChI=1S/C21H27N7S2/c22-18-17-14-6-2-1-3-7-15(14)30-19(17)24-16(23-18)12-29-21-26-25-20(27-10-4-5-11-27)28(21)13-8-9-13/h13H,1-12H2,(H2,22,23,24). The second-order valence-corrected chi connectivity index (χ2v) is 10.7. The van der Waals surface area contributed by atoms with E-state index in [-0.39, 0.29) is 0 Å². The highest BCUT2D eigenvalue weighted by Crippen LogP contribution is 2.42. The molecule has 0 unspecified atom stereocenters. The molecular weight excluding hydrogens is 414 g/mol. The van der Waals surface area contributed by atoms with E-state index in [2.05, 4.69) is 24.6 Å². The monoisotopic (exact) mass is 441 g/mol. The molecule has 3 aromatic heterocycles. The van der Waals surface area contributed by atoms with E-state index in [0.717, 1.165) is 53.1 Å². The molecular formula is C21H27N7S2. The summed E-state index contributed by atoms with van der Waals surface area (Å²) in [7, 11) is 0. The number of nitrogens with zero attached hydrogens (tertiary/aromatic N) is 6. The number of hydrogen-bond acceptors (Lipinski definition) is 8. The lowest BCUT2D eigenvalue weighted by Crippen LogP contribution is -2.22. The number of fused-ring (bicyclic) bond motifs is 3. The molecule has 0 radical (unpaired) electrons. The van der Waals surface area contributed by atoms with Gasteiger partial charge in [0.2, 0.25) is 5.95 Å². The molecule has 0 amide bonds. The summed E-state index contributed by atoms with van der Waals surface area (Å²) in [4.78, 5) is 14.5. The van der Waals surface area contributed by atoms with Crippen molar-refractivity contribution in [3.05, 3.63) is 16.3 Å². The van der Waals surface area contributed by atoms with Gasteiger partial charge in [0.15, 0.2) is 5.16 Å². The Kier molecular flexibility index (Phi) is 4.83. The Bertz CT molecular complexity index is 1080. The number of aryl methyl sites for hydroxylation is 2. The third kappa shape index (κ3) is 3.36. The molecule has 1 aliphatic heterocycles. The van der Waals surface area contributed by atoms with E-state index in [0.29, 0.717) is 17.6 Å². The first-order valence-corrected chi connectivity index (χ1v) is 13.0. The maximum atomic E-state index is 6.43. The molecule has 7 nitrogen and oxygen atoms in total. The molecule has 0 spiro atoms. The van der Waals surface area contributed by atoms with Crippen molar-refractivity contribution in [2.24, 2.45) is 0 Å². The minimum Gasteiger partial charge on any atom is -0.383 e. The molecule has 3 aromatic rings. The second kappa shape index (κ2) is 7.67. The van der Waals surface area contributed by atoms with Gasteiger partial charge in [0.25, 0.3) is 0 Å². The van der Waals surface area contributed by atoms with E-state index < -0.39 is 0 Å². The molecule has 2 fully saturated rings. The zero-order valence-corrected chi connectivity index (χ0v) is 18.8. The van der Waals surface area contributed by atoms with Gasteiger partial charge in [-0.05, 0) is 56.9 Å². The molecule has 9 heteroatoms. The second-order valence-electron chi connectivity index (χ2n) is 8.64. The summed E-state index contributed by atoms with van der Waals surface area (Å²) in [6.07, 6.45) is 11.0. The predicted octanol–water partition coefficient (Wildman–Crippen LogP) is 4.36. The highest BCUT2D eigenvalue weighted by Gasteiger charge is 2.32. The summed E-state index contributed by atoms with van der Waals surface area (Å²) in [6.45, 7) is 2.18. The number of aromatic nitrogens is 5.